The number of unbranched alkanes of at least 4 members (excludes halogenated alkanes) is 1. The quantitative estimate of drug-likeness (QED) is 0.269. The largest absolute Gasteiger partial charge is 0.486 e. The summed E-state index contributed by atoms with van der Waals surface area (Å²) >= 11 is 3.06. The van der Waals surface area contributed by atoms with Crippen molar-refractivity contribution in [2.24, 2.45) is 0 Å². The smallest absolute Gasteiger partial charge is 0.262 e. The van der Waals surface area contributed by atoms with Crippen LogP contribution in [0.15, 0.2) is 35.1 Å². The Bertz CT molecular complexity index is 1060. The summed E-state index contributed by atoms with van der Waals surface area (Å²) in [5.74, 6) is -2.84. The van der Waals surface area contributed by atoms with Crippen molar-refractivity contribution < 1.29 is 31.9 Å². The van der Waals surface area contributed by atoms with Crippen LogP contribution in [0.3, 0.4) is 0 Å². The number of sulfonamides is 1. The Morgan fingerprint density at radius 2 is 1.88 bits per heavy atom. The number of hydroxylamine groups is 2. The standard InChI is InChI=1S/C21H25BrF2N4O5S/c22-17-12-15(23)13-18(24)21(17)33-16-5-10-27(11-6-16)34(31,32)14-20(29)28(30)9-2-1-4-19-25-7-3-8-26-19/h3,7-8,12-13,16,30H,1-2,4-6,9-11,14H2. The van der Waals surface area contributed by atoms with Crippen LogP contribution >= 0.6 is 15.9 Å². The number of rotatable bonds is 10. The van der Waals surface area contributed by atoms with Gasteiger partial charge in [0, 0.05) is 44.5 Å². The number of hydrogen-bond donors (Lipinski definition) is 1. The second kappa shape index (κ2) is 12.0. The van der Waals surface area contributed by atoms with Crippen molar-refractivity contribution in [2.75, 3.05) is 25.4 Å². The van der Waals surface area contributed by atoms with Crippen molar-refractivity contribution in [2.45, 2.75) is 38.2 Å². The number of halogens is 3. The molecule has 0 spiro atoms. The van der Waals surface area contributed by atoms with Crippen LogP contribution in [0, 0.1) is 11.6 Å². The Kier molecular flexibility index (Phi) is 9.28. The van der Waals surface area contributed by atoms with Crippen molar-refractivity contribution in [1.29, 1.82) is 0 Å². The van der Waals surface area contributed by atoms with E-state index >= 15 is 0 Å². The van der Waals surface area contributed by atoms with Crippen molar-refractivity contribution in [3.05, 3.63) is 52.5 Å². The lowest BCUT2D eigenvalue weighted by Gasteiger charge is -2.31. The topological polar surface area (TPSA) is 113 Å². The maximum Gasteiger partial charge on any atom is 0.262 e. The second-order valence-electron chi connectivity index (χ2n) is 7.81. The summed E-state index contributed by atoms with van der Waals surface area (Å²) in [7, 11) is -3.95. The second-order valence-corrected chi connectivity index (χ2v) is 10.6. The normalized spacial score (nSPS) is 15.3. The summed E-state index contributed by atoms with van der Waals surface area (Å²) < 4.78 is 59.4. The molecule has 0 bridgehead atoms. The van der Waals surface area contributed by atoms with Gasteiger partial charge in [-0.1, -0.05) is 0 Å². The first-order valence-electron chi connectivity index (χ1n) is 10.7. The molecule has 1 aliphatic heterocycles. The molecule has 1 amide bonds. The predicted molar refractivity (Wildman–Crippen MR) is 122 cm³/mol. The fourth-order valence-corrected chi connectivity index (χ4v) is 5.40. The lowest BCUT2D eigenvalue weighted by atomic mass is 10.1. The Hall–Kier alpha value is -2.22. The third-order valence-corrected chi connectivity index (χ3v) is 7.63. The first kappa shape index (κ1) is 26.4. The van der Waals surface area contributed by atoms with E-state index < -0.39 is 39.4 Å². The third kappa shape index (κ3) is 7.39. The van der Waals surface area contributed by atoms with Gasteiger partial charge in [-0.15, -0.1) is 0 Å². The molecule has 1 saturated heterocycles. The van der Waals surface area contributed by atoms with E-state index in [-0.39, 0.29) is 42.7 Å². The average Bonchev–Trinajstić information content (AvgIpc) is 2.79. The van der Waals surface area contributed by atoms with Gasteiger partial charge >= 0.3 is 0 Å². The summed E-state index contributed by atoms with van der Waals surface area (Å²) in [6.45, 7) is 0.141. The van der Waals surface area contributed by atoms with Crippen molar-refractivity contribution >= 4 is 31.9 Å². The van der Waals surface area contributed by atoms with E-state index in [1.54, 1.807) is 18.5 Å². The Labute approximate surface area is 204 Å². The Balaban J connectivity index is 1.43. The molecule has 0 radical (unpaired) electrons. The zero-order valence-corrected chi connectivity index (χ0v) is 20.6. The van der Waals surface area contributed by atoms with E-state index in [1.807, 2.05) is 0 Å². The minimum Gasteiger partial charge on any atom is -0.486 e. The van der Waals surface area contributed by atoms with E-state index in [0.717, 1.165) is 10.4 Å². The molecule has 9 nitrogen and oxygen atoms in total. The fourth-order valence-electron chi connectivity index (χ4n) is 3.49. The van der Waals surface area contributed by atoms with Crippen LogP contribution in [0.25, 0.3) is 0 Å². The van der Waals surface area contributed by atoms with Crippen LogP contribution in [0.5, 0.6) is 5.75 Å². The minimum absolute atomic E-state index is 0.00475. The lowest BCUT2D eigenvalue weighted by molar-refractivity contribution is -0.162. The van der Waals surface area contributed by atoms with Crippen LogP contribution < -0.4 is 4.74 Å². The number of piperidine rings is 1. The van der Waals surface area contributed by atoms with Crippen molar-refractivity contribution in [1.82, 2.24) is 19.3 Å². The van der Waals surface area contributed by atoms with Crippen LogP contribution in [-0.2, 0) is 21.2 Å². The molecule has 3 rings (SSSR count). The summed E-state index contributed by atoms with van der Waals surface area (Å²) in [6, 6.07) is 3.50. The van der Waals surface area contributed by atoms with Gasteiger partial charge in [-0.3, -0.25) is 10.0 Å². The number of ether oxygens (including phenoxy) is 1. The molecule has 1 fully saturated rings. The van der Waals surface area contributed by atoms with Gasteiger partial charge in [0.1, 0.15) is 23.5 Å². The van der Waals surface area contributed by atoms with Crippen molar-refractivity contribution in [3.63, 3.8) is 0 Å². The van der Waals surface area contributed by atoms with Crippen LogP contribution in [0.2, 0.25) is 0 Å². The molecule has 13 heteroatoms. The molecule has 186 valence electrons. The zero-order valence-electron chi connectivity index (χ0n) is 18.2. The molecular weight excluding hydrogens is 538 g/mol. The summed E-state index contributed by atoms with van der Waals surface area (Å²) in [6.07, 6.45) is 4.98. The van der Waals surface area contributed by atoms with E-state index in [0.29, 0.717) is 36.2 Å². The van der Waals surface area contributed by atoms with Gasteiger partial charge < -0.3 is 4.74 Å². The molecule has 0 unspecified atom stereocenters. The molecule has 1 aromatic carbocycles. The number of aromatic nitrogens is 2. The van der Waals surface area contributed by atoms with Gasteiger partial charge in [-0.2, -0.15) is 0 Å². The first-order valence-corrected chi connectivity index (χ1v) is 13.1. The van der Waals surface area contributed by atoms with E-state index in [4.69, 9.17) is 4.74 Å². The highest BCUT2D eigenvalue weighted by Crippen LogP contribution is 2.32. The molecule has 0 atom stereocenters. The van der Waals surface area contributed by atoms with Gasteiger partial charge in [0.25, 0.3) is 5.91 Å². The van der Waals surface area contributed by atoms with E-state index in [1.165, 1.54) is 0 Å². The van der Waals surface area contributed by atoms with Crippen molar-refractivity contribution in [3.8, 4) is 5.75 Å². The molecule has 0 aliphatic carbocycles. The van der Waals surface area contributed by atoms with Gasteiger partial charge in [0.2, 0.25) is 10.0 Å². The number of amides is 1. The Morgan fingerprint density at radius 3 is 2.53 bits per heavy atom. The van der Waals surface area contributed by atoms with Gasteiger partial charge in [0.05, 0.1) is 4.47 Å². The maximum atomic E-state index is 14.0. The highest BCUT2D eigenvalue weighted by Gasteiger charge is 2.32. The summed E-state index contributed by atoms with van der Waals surface area (Å²) in [4.78, 5) is 20.4. The fraction of sp³-hybridized carbons (Fsp3) is 0.476. The highest BCUT2D eigenvalue weighted by molar-refractivity contribution is 9.10. The number of hydrogen-bond acceptors (Lipinski definition) is 7. The third-order valence-electron chi connectivity index (χ3n) is 5.28. The number of aryl methyl sites for hydroxylation is 1. The molecule has 1 aliphatic rings. The average molecular weight is 563 g/mol. The molecule has 2 heterocycles. The van der Waals surface area contributed by atoms with E-state index in [2.05, 4.69) is 25.9 Å². The summed E-state index contributed by atoms with van der Waals surface area (Å²) in [5, 5.41) is 10.4. The lowest BCUT2D eigenvalue weighted by Crippen LogP contribution is -2.45. The monoisotopic (exact) mass is 562 g/mol. The number of nitrogens with zero attached hydrogens (tertiary/aromatic N) is 4. The molecule has 0 saturated carbocycles. The maximum absolute atomic E-state index is 14.0. The van der Waals surface area contributed by atoms with Crippen LogP contribution in [-0.4, -0.2) is 70.4 Å². The molecule has 1 N–H and O–H groups in total. The minimum atomic E-state index is -3.95. The SMILES string of the molecule is O=C(CS(=O)(=O)N1CCC(Oc2c(F)cc(F)cc2Br)CC1)N(O)CCCCc1ncccn1. The number of carbonyl (C=O) groups is 1. The predicted octanol–water partition coefficient (Wildman–Crippen LogP) is 2.93. The highest BCUT2D eigenvalue weighted by atomic mass is 79.9. The first-order chi connectivity index (χ1) is 16.2. The van der Waals surface area contributed by atoms with E-state index in [9.17, 15) is 27.2 Å². The van der Waals surface area contributed by atoms with Gasteiger partial charge in [-0.05, 0) is 53.7 Å². The molecule has 1 aromatic heterocycles. The van der Waals surface area contributed by atoms with Crippen LogP contribution in [0.1, 0.15) is 31.5 Å². The number of carbonyl (C=O) groups excluding carboxylic acids is 1. The van der Waals surface area contributed by atoms with Crippen LogP contribution in [0.4, 0.5) is 8.78 Å². The van der Waals surface area contributed by atoms with Gasteiger partial charge in [0.15, 0.2) is 11.6 Å². The molecule has 34 heavy (non-hydrogen) atoms. The van der Waals surface area contributed by atoms with Gasteiger partial charge in [-0.25, -0.2) is 36.5 Å². The summed E-state index contributed by atoms with van der Waals surface area (Å²) in [5.41, 5.74) is 0. The molecular formula is C21H25BrF2N4O5S. The number of benzene rings is 1. The zero-order chi connectivity index (χ0) is 24.7. The Morgan fingerprint density at radius 1 is 1.21 bits per heavy atom. The molecule has 2 aromatic rings.